The fraction of sp³-hybridized carbons (Fsp3) is 0.600. The van der Waals surface area contributed by atoms with Crippen molar-refractivity contribution >= 4 is 5.97 Å². The zero-order valence-electron chi connectivity index (χ0n) is 9.23. The third-order valence-corrected chi connectivity index (χ3v) is 2.09. The summed E-state index contributed by atoms with van der Waals surface area (Å²) < 4.78 is 7.01. The Bertz CT molecular complexity index is 344. The topological polar surface area (TPSA) is 64.3 Å². The SMILES string of the molecule is Cc1c(C(=O)O)cnn1CCOC(C)C. The molecule has 1 rings (SSSR count). The third-order valence-electron chi connectivity index (χ3n) is 2.09. The molecule has 0 unspecified atom stereocenters. The quantitative estimate of drug-likeness (QED) is 0.799. The Kier molecular flexibility index (Phi) is 3.85. The zero-order chi connectivity index (χ0) is 11.4. The summed E-state index contributed by atoms with van der Waals surface area (Å²) in [5.74, 6) is -0.941. The number of hydrogen-bond donors (Lipinski definition) is 1. The van der Waals surface area contributed by atoms with E-state index in [2.05, 4.69) is 5.10 Å². The van der Waals surface area contributed by atoms with E-state index in [1.54, 1.807) is 11.6 Å². The second-order valence-electron chi connectivity index (χ2n) is 3.59. The van der Waals surface area contributed by atoms with E-state index < -0.39 is 5.97 Å². The van der Waals surface area contributed by atoms with Gasteiger partial charge in [-0.05, 0) is 20.8 Å². The summed E-state index contributed by atoms with van der Waals surface area (Å²) in [6.45, 7) is 6.78. The van der Waals surface area contributed by atoms with Gasteiger partial charge < -0.3 is 9.84 Å². The van der Waals surface area contributed by atoms with Crippen molar-refractivity contribution in [3.63, 3.8) is 0 Å². The van der Waals surface area contributed by atoms with Crippen LogP contribution in [0.5, 0.6) is 0 Å². The molecule has 0 saturated heterocycles. The number of carboxylic acid groups (broad SMARTS) is 1. The summed E-state index contributed by atoms with van der Waals surface area (Å²) in [4.78, 5) is 10.7. The number of ether oxygens (including phenoxy) is 1. The van der Waals surface area contributed by atoms with Gasteiger partial charge in [-0.3, -0.25) is 4.68 Å². The second-order valence-corrected chi connectivity index (χ2v) is 3.59. The molecule has 0 amide bonds. The third kappa shape index (κ3) is 3.06. The Morgan fingerprint density at radius 1 is 1.67 bits per heavy atom. The number of rotatable bonds is 5. The molecule has 15 heavy (non-hydrogen) atoms. The number of carboxylic acids is 1. The minimum absolute atomic E-state index is 0.180. The molecule has 0 spiro atoms. The molecule has 5 nitrogen and oxygen atoms in total. The Balaban J connectivity index is 2.59. The number of carbonyl (C=O) groups is 1. The predicted molar refractivity (Wildman–Crippen MR) is 55.0 cm³/mol. The second kappa shape index (κ2) is 4.93. The number of nitrogens with zero attached hydrogens (tertiary/aromatic N) is 2. The van der Waals surface area contributed by atoms with Crippen molar-refractivity contribution in [3.05, 3.63) is 17.5 Å². The maximum atomic E-state index is 10.7. The van der Waals surface area contributed by atoms with Crippen LogP contribution in [-0.4, -0.2) is 33.6 Å². The van der Waals surface area contributed by atoms with E-state index in [4.69, 9.17) is 9.84 Å². The monoisotopic (exact) mass is 212 g/mol. The van der Waals surface area contributed by atoms with Crippen LogP contribution in [0, 0.1) is 6.92 Å². The molecule has 0 atom stereocenters. The highest BCUT2D eigenvalue weighted by atomic mass is 16.5. The molecule has 0 bridgehead atoms. The first kappa shape index (κ1) is 11.7. The van der Waals surface area contributed by atoms with Crippen LogP contribution in [0.1, 0.15) is 29.9 Å². The fourth-order valence-corrected chi connectivity index (χ4v) is 1.26. The van der Waals surface area contributed by atoms with Crippen LogP contribution in [0.3, 0.4) is 0 Å². The molecule has 0 aliphatic heterocycles. The van der Waals surface area contributed by atoms with Crippen molar-refractivity contribution in [2.24, 2.45) is 0 Å². The van der Waals surface area contributed by atoms with E-state index in [9.17, 15) is 4.79 Å². The average molecular weight is 212 g/mol. The van der Waals surface area contributed by atoms with Crippen LogP contribution < -0.4 is 0 Å². The van der Waals surface area contributed by atoms with E-state index in [-0.39, 0.29) is 11.7 Å². The summed E-state index contributed by atoms with van der Waals surface area (Å²) in [6.07, 6.45) is 1.55. The van der Waals surface area contributed by atoms with Crippen molar-refractivity contribution in [2.45, 2.75) is 33.4 Å². The Morgan fingerprint density at radius 3 is 2.80 bits per heavy atom. The molecule has 0 saturated carbocycles. The molecule has 0 aliphatic carbocycles. The molecule has 1 heterocycles. The van der Waals surface area contributed by atoms with Gasteiger partial charge in [0, 0.05) is 5.69 Å². The lowest BCUT2D eigenvalue weighted by Gasteiger charge is -2.08. The van der Waals surface area contributed by atoms with Crippen molar-refractivity contribution in [1.82, 2.24) is 9.78 Å². The maximum Gasteiger partial charge on any atom is 0.339 e. The lowest BCUT2D eigenvalue weighted by molar-refractivity contribution is 0.0684. The number of aromatic nitrogens is 2. The molecular formula is C10H16N2O3. The van der Waals surface area contributed by atoms with E-state index in [1.165, 1.54) is 6.20 Å². The minimum atomic E-state index is -0.941. The largest absolute Gasteiger partial charge is 0.478 e. The van der Waals surface area contributed by atoms with Gasteiger partial charge in [0.1, 0.15) is 5.56 Å². The summed E-state index contributed by atoms with van der Waals surface area (Å²) in [6, 6.07) is 0. The van der Waals surface area contributed by atoms with E-state index in [0.29, 0.717) is 18.8 Å². The Morgan fingerprint density at radius 2 is 2.33 bits per heavy atom. The molecule has 1 N–H and O–H groups in total. The summed E-state index contributed by atoms with van der Waals surface area (Å²) in [5, 5.41) is 12.8. The van der Waals surface area contributed by atoms with Crippen LogP contribution in [-0.2, 0) is 11.3 Å². The highest BCUT2D eigenvalue weighted by Gasteiger charge is 2.12. The molecule has 0 fully saturated rings. The van der Waals surface area contributed by atoms with Crippen molar-refractivity contribution in [1.29, 1.82) is 0 Å². The van der Waals surface area contributed by atoms with Crippen LogP contribution in [0.25, 0.3) is 0 Å². The summed E-state index contributed by atoms with van der Waals surface area (Å²) >= 11 is 0. The van der Waals surface area contributed by atoms with Crippen molar-refractivity contribution < 1.29 is 14.6 Å². The van der Waals surface area contributed by atoms with Gasteiger partial charge in [-0.1, -0.05) is 0 Å². The number of hydrogen-bond acceptors (Lipinski definition) is 3. The predicted octanol–water partition coefficient (Wildman–Crippen LogP) is 1.31. The van der Waals surface area contributed by atoms with Gasteiger partial charge in [0.05, 0.1) is 25.5 Å². The van der Waals surface area contributed by atoms with Crippen LogP contribution in [0.2, 0.25) is 0 Å². The van der Waals surface area contributed by atoms with Gasteiger partial charge >= 0.3 is 5.97 Å². The highest BCUT2D eigenvalue weighted by Crippen LogP contribution is 2.06. The zero-order valence-corrected chi connectivity index (χ0v) is 9.23. The lowest BCUT2D eigenvalue weighted by atomic mass is 10.3. The summed E-state index contributed by atoms with van der Waals surface area (Å²) in [7, 11) is 0. The molecular weight excluding hydrogens is 196 g/mol. The van der Waals surface area contributed by atoms with Crippen LogP contribution in [0.4, 0.5) is 0 Å². The van der Waals surface area contributed by atoms with Gasteiger partial charge in [-0.15, -0.1) is 0 Å². The lowest BCUT2D eigenvalue weighted by Crippen LogP contribution is -2.13. The van der Waals surface area contributed by atoms with Gasteiger partial charge in [0.15, 0.2) is 0 Å². The summed E-state index contributed by atoms with van der Waals surface area (Å²) in [5.41, 5.74) is 0.911. The Hall–Kier alpha value is -1.36. The van der Waals surface area contributed by atoms with E-state index in [0.717, 1.165) is 0 Å². The van der Waals surface area contributed by atoms with Crippen molar-refractivity contribution in [2.75, 3.05) is 6.61 Å². The average Bonchev–Trinajstić information content (AvgIpc) is 2.47. The van der Waals surface area contributed by atoms with E-state index >= 15 is 0 Å². The highest BCUT2D eigenvalue weighted by molar-refractivity contribution is 5.88. The minimum Gasteiger partial charge on any atom is -0.478 e. The normalized spacial score (nSPS) is 10.9. The van der Waals surface area contributed by atoms with Crippen molar-refractivity contribution in [3.8, 4) is 0 Å². The van der Waals surface area contributed by atoms with Gasteiger partial charge in [0.25, 0.3) is 0 Å². The van der Waals surface area contributed by atoms with Gasteiger partial charge in [0.2, 0.25) is 0 Å². The smallest absolute Gasteiger partial charge is 0.339 e. The van der Waals surface area contributed by atoms with Crippen LogP contribution in [0.15, 0.2) is 6.20 Å². The maximum absolute atomic E-state index is 10.7. The first-order valence-electron chi connectivity index (χ1n) is 4.89. The fourth-order valence-electron chi connectivity index (χ4n) is 1.26. The standard InChI is InChI=1S/C10H16N2O3/c1-7(2)15-5-4-12-8(3)9(6-11-12)10(13)14/h6-7H,4-5H2,1-3H3,(H,13,14). The van der Waals surface area contributed by atoms with Gasteiger partial charge in [-0.25, -0.2) is 4.79 Å². The molecule has 0 aromatic carbocycles. The molecule has 0 aliphatic rings. The number of aromatic carboxylic acids is 1. The Labute approximate surface area is 88.7 Å². The first-order chi connectivity index (χ1) is 7.02. The van der Waals surface area contributed by atoms with E-state index in [1.807, 2.05) is 13.8 Å². The van der Waals surface area contributed by atoms with Crippen LogP contribution >= 0.6 is 0 Å². The molecule has 0 radical (unpaired) electrons. The molecule has 1 aromatic rings. The first-order valence-corrected chi connectivity index (χ1v) is 4.89. The molecule has 84 valence electrons. The molecule has 1 aromatic heterocycles. The molecule has 5 heteroatoms. The van der Waals surface area contributed by atoms with Gasteiger partial charge in [-0.2, -0.15) is 5.10 Å².